The molecule has 2 heterocycles. The van der Waals surface area contributed by atoms with Gasteiger partial charge < -0.3 is 16.0 Å². The molecule has 0 saturated heterocycles. The van der Waals surface area contributed by atoms with Gasteiger partial charge in [-0.3, -0.25) is 14.6 Å². The summed E-state index contributed by atoms with van der Waals surface area (Å²) < 4.78 is 0. The number of rotatable bonds is 6. The van der Waals surface area contributed by atoms with Crippen LogP contribution < -0.4 is 16.0 Å². The number of anilines is 3. The monoisotopic (exact) mass is 437 g/mol. The van der Waals surface area contributed by atoms with Gasteiger partial charge in [-0.15, -0.1) is 0 Å². The van der Waals surface area contributed by atoms with Crippen LogP contribution in [0.1, 0.15) is 26.3 Å². The number of hydrogen-bond donors (Lipinski definition) is 3. The van der Waals surface area contributed by atoms with Crippen molar-refractivity contribution < 1.29 is 9.59 Å². The Bertz CT molecular complexity index is 1280. The average molecular weight is 438 g/mol. The van der Waals surface area contributed by atoms with E-state index in [9.17, 15) is 9.59 Å². The summed E-state index contributed by atoms with van der Waals surface area (Å²) in [6.07, 6.45) is 5.02. The van der Waals surface area contributed by atoms with E-state index in [0.29, 0.717) is 28.3 Å². The highest BCUT2D eigenvalue weighted by molar-refractivity contribution is 6.04. The van der Waals surface area contributed by atoms with Crippen molar-refractivity contribution in [3.05, 3.63) is 102 Å². The molecule has 0 aliphatic rings. The Labute approximate surface area is 191 Å². The van der Waals surface area contributed by atoms with E-state index in [1.165, 1.54) is 0 Å². The quantitative estimate of drug-likeness (QED) is 0.402. The Kier molecular flexibility index (Phi) is 6.40. The van der Waals surface area contributed by atoms with Gasteiger partial charge in [0.25, 0.3) is 11.8 Å². The van der Waals surface area contributed by atoms with Crippen LogP contribution in [0.25, 0.3) is 11.1 Å². The van der Waals surface area contributed by atoms with Gasteiger partial charge in [0.2, 0.25) is 0 Å². The van der Waals surface area contributed by atoms with Gasteiger partial charge in [-0.05, 0) is 55.0 Å². The van der Waals surface area contributed by atoms with Crippen LogP contribution in [-0.2, 0) is 0 Å². The standard InChI is InChI=1S/C26H23N5O2/c1-17-4-3-5-20(12-17)26(33)31-23-13-22(15-28-16-23)30-24-11-10-21(14-29-24)18-6-8-19(9-7-18)25(32)27-2/h3-16H,1-2H3,(H,27,32)(H,29,30)(H,31,33). The van der Waals surface area contributed by atoms with E-state index in [4.69, 9.17) is 0 Å². The average Bonchev–Trinajstić information content (AvgIpc) is 2.84. The van der Waals surface area contributed by atoms with Crippen LogP contribution in [0.4, 0.5) is 17.2 Å². The smallest absolute Gasteiger partial charge is 0.255 e. The fourth-order valence-corrected chi connectivity index (χ4v) is 3.31. The summed E-state index contributed by atoms with van der Waals surface area (Å²) >= 11 is 0. The lowest BCUT2D eigenvalue weighted by atomic mass is 10.1. The van der Waals surface area contributed by atoms with E-state index in [1.54, 1.807) is 49.9 Å². The lowest BCUT2D eigenvalue weighted by molar-refractivity contribution is 0.0962. The van der Waals surface area contributed by atoms with Crippen molar-refractivity contribution in [3.8, 4) is 11.1 Å². The summed E-state index contributed by atoms with van der Waals surface area (Å²) in [6, 6.07) is 20.4. The number of amides is 2. The van der Waals surface area contributed by atoms with Crippen LogP contribution in [0.15, 0.2) is 85.3 Å². The second kappa shape index (κ2) is 9.74. The summed E-state index contributed by atoms with van der Waals surface area (Å²) in [6.45, 7) is 1.95. The van der Waals surface area contributed by atoms with E-state index in [0.717, 1.165) is 16.7 Å². The van der Waals surface area contributed by atoms with Crippen molar-refractivity contribution in [2.24, 2.45) is 0 Å². The van der Waals surface area contributed by atoms with Gasteiger partial charge in [-0.2, -0.15) is 0 Å². The highest BCUT2D eigenvalue weighted by Gasteiger charge is 2.08. The Morgan fingerprint density at radius 3 is 2.21 bits per heavy atom. The van der Waals surface area contributed by atoms with E-state index >= 15 is 0 Å². The van der Waals surface area contributed by atoms with Crippen molar-refractivity contribution in [2.45, 2.75) is 6.92 Å². The van der Waals surface area contributed by atoms with Gasteiger partial charge >= 0.3 is 0 Å². The van der Waals surface area contributed by atoms with Crippen LogP contribution in [0.5, 0.6) is 0 Å². The van der Waals surface area contributed by atoms with Crippen LogP contribution in [0, 0.1) is 6.92 Å². The molecule has 4 rings (SSSR count). The first-order valence-electron chi connectivity index (χ1n) is 10.4. The van der Waals surface area contributed by atoms with Gasteiger partial charge in [0.15, 0.2) is 0 Å². The zero-order valence-corrected chi connectivity index (χ0v) is 18.3. The molecule has 2 aromatic carbocycles. The summed E-state index contributed by atoms with van der Waals surface area (Å²) in [5, 5.41) is 8.68. The van der Waals surface area contributed by atoms with E-state index in [2.05, 4.69) is 25.9 Å². The molecule has 7 nitrogen and oxygen atoms in total. The molecule has 0 unspecified atom stereocenters. The predicted octanol–water partition coefficient (Wildman–Crippen LogP) is 4.81. The number of carbonyl (C=O) groups is 2. The minimum atomic E-state index is -0.192. The molecule has 3 N–H and O–H groups in total. The van der Waals surface area contributed by atoms with Crippen molar-refractivity contribution in [1.82, 2.24) is 15.3 Å². The Balaban J connectivity index is 1.43. The number of nitrogens with zero attached hydrogens (tertiary/aromatic N) is 2. The largest absolute Gasteiger partial charge is 0.355 e. The fraction of sp³-hybridized carbons (Fsp3) is 0.0769. The number of nitrogens with one attached hydrogen (secondary N) is 3. The molecule has 4 aromatic rings. The SMILES string of the molecule is CNC(=O)c1ccc(-c2ccc(Nc3cncc(NC(=O)c4cccc(C)c4)c3)nc2)cc1. The van der Waals surface area contributed by atoms with Crippen molar-refractivity contribution in [1.29, 1.82) is 0 Å². The lowest BCUT2D eigenvalue weighted by Gasteiger charge is -2.10. The third kappa shape index (κ3) is 5.40. The molecule has 2 amide bonds. The molecule has 0 saturated carbocycles. The van der Waals surface area contributed by atoms with Gasteiger partial charge in [0, 0.05) is 29.9 Å². The van der Waals surface area contributed by atoms with Crippen LogP contribution >= 0.6 is 0 Å². The first kappa shape index (κ1) is 21.7. The fourth-order valence-electron chi connectivity index (χ4n) is 3.31. The van der Waals surface area contributed by atoms with Gasteiger partial charge in [0.05, 0.1) is 23.8 Å². The molecule has 2 aromatic heterocycles. The molecule has 0 radical (unpaired) electrons. The van der Waals surface area contributed by atoms with Crippen molar-refractivity contribution in [3.63, 3.8) is 0 Å². The van der Waals surface area contributed by atoms with Gasteiger partial charge in [0.1, 0.15) is 5.82 Å². The molecular weight excluding hydrogens is 414 g/mol. The molecule has 164 valence electrons. The number of hydrogen-bond acceptors (Lipinski definition) is 5. The Morgan fingerprint density at radius 2 is 1.52 bits per heavy atom. The zero-order valence-electron chi connectivity index (χ0n) is 18.3. The molecule has 0 atom stereocenters. The molecule has 7 heteroatoms. The number of aryl methyl sites for hydroxylation is 1. The summed E-state index contributed by atoms with van der Waals surface area (Å²) in [5.74, 6) is 0.331. The van der Waals surface area contributed by atoms with Gasteiger partial charge in [-0.25, -0.2) is 4.98 Å². The maximum absolute atomic E-state index is 12.5. The van der Waals surface area contributed by atoms with Gasteiger partial charge in [-0.1, -0.05) is 29.8 Å². The number of aromatic nitrogens is 2. The van der Waals surface area contributed by atoms with E-state index in [-0.39, 0.29) is 11.8 Å². The summed E-state index contributed by atoms with van der Waals surface area (Å²) in [7, 11) is 1.61. The number of benzene rings is 2. The third-order valence-corrected chi connectivity index (χ3v) is 5.02. The van der Waals surface area contributed by atoms with E-state index < -0.39 is 0 Å². The zero-order chi connectivity index (χ0) is 23.2. The number of carbonyl (C=O) groups excluding carboxylic acids is 2. The lowest BCUT2D eigenvalue weighted by Crippen LogP contribution is -2.17. The summed E-state index contributed by atoms with van der Waals surface area (Å²) in [4.78, 5) is 32.8. The van der Waals surface area contributed by atoms with E-state index in [1.807, 2.05) is 49.4 Å². The number of pyridine rings is 2. The maximum Gasteiger partial charge on any atom is 0.255 e. The normalized spacial score (nSPS) is 10.4. The Morgan fingerprint density at radius 1 is 0.758 bits per heavy atom. The first-order chi connectivity index (χ1) is 16.0. The summed E-state index contributed by atoms with van der Waals surface area (Å²) in [5.41, 5.74) is 5.40. The minimum absolute atomic E-state index is 0.120. The molecule has 0 aliphatic carbocycles. The van der Waals surface area contributed by atoms with Crippen molar-refractivity contribution >= 4 is 29.0 Å². The second-order valence-corrected chi connectivity index (χ2v) is 7.50. The second-order valence-electron chi connectivity index (χ2n) is 7.50. The maximum atomic E-state index is 12.5. The van der Waals surface area contributed by atoms with Crippen LogP contribution in [-0.4, -0.2) is 28.8 Å². The molecule has 33 heavy (non-hydrogen) atoms. The topological polar surface area (TPSA) is 96.0 Å². The predicted molar refractivity (Wildman–Crippen MR) is 130 cm³/mol. The molecule has 0 aliphatic heterocycles. The minimum Gasteiger partial charge on any atom is -0.355 e. The molecular formula is C26H23N5O2. The molecule has 0 fully saturated rings. The van der Waals surface area contributed by atoms with Crippen LogP contribution in [0.2, 0.25) is 0 Å². The third-order valence-electron chi connectivity index (χ3n) is 5.02. The highest BCUT2D eigenvalue weighted by Crippen LogP contribution is 2.23. The Hall–Kier alpha value is -4.52. The van der Waals surface area contributed by atoms with Crippen LogP contribution in [0.3, 0.4) is 0 Å². The molecule has 0 spiro atoms. The first-order valence-corrected chi connectivity index (χ1v) is 10.4. The van der Waals surface area contributed by atoms with Crippen molar-refractivity contribution in [2.75, 3.05) is 17.7 Å². The molecule has 0 bridgehead atoms. The highest BCUT2D eigenvalue weighted by atomic mass is 16.2.